The second kappa shape index (κ2) is 4.39. The maximum absolute atomic E-state index is 11.1. The molecule has 1 N–H and O–H groups in total. The van der Waals surface area contributed by atoms with Crippen LogP contribution in [-0.4, -0.2) is 18.1 Å². The summed E-state index contributed by atoms with van der Waals surface area (Å²) in [5.41, 5.74) is 3.46. The van der Waals surface area contributed by atoms with Crippen molar-refractivity contribution < 1.29 is 9.53 Å². The minimum Gasteiger partial charge on any atom is -0.469 e. The van der Waals surface area contributed by atoms with Crippen LogP contribution in [0.25, 0.3) is 10.9 Å². The van der Waals surface area contributed by atoms with E-state index in [1.807, 2.05) is 18.2 Å². The molecule has 3 nitrogen and oxygen atoms in total. The maximum Gasteiger partial charge on any atom is 0.305 e. The summed E-state index contributed by atoms with van der Waals surface area (Å²) < 4.78 is 4.63. The standard InChI is InChI=1S/C13H15NO2/c1-9-10-5-3-4-6-12(10)14-11(9)7-8-13(15)16-2/h3-6,14H,7-8H2,1-2H3. The van der Waals surface area contributed by atoms with Gasteiger partial charge in [-0.25, -0.2) is 0 Å². The number of fused-ring (bicyclic) bond motifs is 1. The van der Waals surface area contributed by atoms with Crippen LogP contribution in [0.3, 0.4) is 0 Å². The number of carbonyl (C=O) groups excluding carboxylic acids is 1. The van der Waals surface area contributed by atoms with E-state index < -0.39 is 0 Å². The lowest BCUT2D eigenvalue weighted by atomic mass is 10.1. The van der Waals surface area contributed by atoms with Crippen molar-refractivity contribution >= 4 is 16.9 Å². The summed E-state index contributed by atoms with van der Waals surface area (Å²) in [7, 11) is 1.42. The molecule has 2 aromatic rings. The van der Waals surface area contributed by atoms with Crippen LogP contribution >= 0.6 is 0 Å². The number of aryl methyl sites for hydroxylation is 2. The minimum atomic E-state index is -0.168. The van der Waals surface area contributed by atoms with Crippen molar-refractivity contribution in [3.05, 3.63) is 35.5 Å². The van der Waals surface area contributed by atoms with Crippen LogP contribution in [0.2, 0.25) is 0 Å². The third-order valence-corrected chi connectivity index (χ3v) is 2.88. The molecule has 3 heteroatoms. The number of hydrogen-bond acceptors (Lipinski definition) is 2. The number of para-hydroxylation sites is 1. The molecule has 0 fully saturated rings. The van der Waals surface area contributed by atoms with Gasteiger partial charge in [0.1, 0.15) is 0 Å². The Morgan fingerprint density at radius 1 is 1.38 bits per heavy atom. The monoisotopic (exact) mass is 217 g/mol. The van der Waals surface area contributed by atoms with E-state index in [2.05, 4.69) is 22.7 Å². The molecule has 0 bridgehead atoms. The number of ether oxygens (including phenoxy) is 1. The first kappa shape index (κ1) is 10.7. The first-order valence-corrected chi connectivity index (χ1v) is 5.35. The molecule has 1 aromatic heterocycles. The van der Waals surface area contributed by atoms with Gasteiger partial charge in [-0.3, -0.25) is 4.79 Å². The quantitative estimate of drug-likeness (QED) is 0.803. The van der Waals surface area contributed by atoms with Crippen molar-refractivity contribution in [3.8, 4) is 0 Å². The first-order chi connectivity index (χ1) is 7.72. The van der Waals surface area contributed by atoms with E-state index in [0.29, 0.717) is 12.8 Å². The Morgan fingerprint density at radius 3 is 2.81 bits per heavy atom. The Labute approximate surface area is 94.4 Å². The zero-order chi connectivity index (χ0) is 11.5. The first-order valence-electron chi connectivity index (χ1n) is 5.35. The highest BCUT2D eigenvalue weighted by Crippen LogP contribution is 2.22. The molecule has 0 aliphatic rings. The van der Waals surface area contributed by atoms with Crippen LogP contribution in [0.15, 0.2) is 24.3 Å². The highest BCUT2D eigenvalue weighted by atomic mass is 16.5. The van der Waals surface area contributed by atoms with Gasteiger partial charge in [0.05, 0.1) is 13.5 Å². The second-order valence-corrected chi connectivity index (χ2v) is 3.85. The summed E-state index contributed by atoms with van der Waals surface area (Å²) in [5, 5.41) is 1.22. The molecule has 0 radical (unpaired) electrons. The number of methoxy groups -OCH3 is 1. The Hall–Kier alpha value is -1.77. The van der Waals surface area contributed by atoms with Gasteiger partial charge in [0.25, 0.3) is 0 Å². The highest BCUT2D eigenvalue weighted by molar-refractivity contribution is 5.84. The normalized spacial score (nSPS) is 10.6. The van der Waals surface area contributed by atoms with Crippen LogP contribution in [-0.2, 0) is 16.0 Å². The summed E-state index contributed by atoms with van der Waals surface area (Å²) in [6.07, 6.45) is 1.12. The number of H-pyrrole nitrogens is 1. The molecule has 2 rings (SSSR count). The summed E-state index contributed by atoms with van der Waals surface area (Å²) in [5.74, 6) is -0.168. The van der Waals surface area contributed by atoms with Crippen molar-refractivity contribution in [2.75, 3.05) is 7.11 Å². The zero-order valence-corrected chi connectivity index (χ0v) is 9.54. The van der Waals surface area contributed by atoms with Crippen LogP contribution < -0.4 is 0 Å². The molecular weight excluding hydrogens is 202 g/mol. The van der Waals surface area contributed by atoms with E-state index in [4.69, 9.17) is 0 Å². The fourth-order valence-corrected chi connectivity index (χ4v) is 1.92. The molecule has 0 saturated heterocycles. The molecule has 0 unspecified atom stereocenters. The lowest BCUT2D eigenvalue weighted by molar-refractivity contribution is -0.140. The molecule has 16 heavy (non-hydrogen) atoms. The molecule has 0 spiro atoms. The van der Waals surface area contributed by atoms with Crippen LogP contribution in [0.4, 0.5) is 0 Å². The van der Waals surface area contributed by atoms with Gasteiger partial charge in [0, 0.05) is 16.6 Å². The lowest BCUT2D eigenvalue weighted by Gasteiger charge is -1.99. The Kier molecular flexibility index (Phi) is 2.95. The van der Waals surface area contributed by atoms with E-state index in [0.717, 1.165) is 11.2 Å². The van der Waals surface area contributed by atoms with Gasteiger partial charge in [0.15, 0.2) is 0 Å². The van der Waals surface area contributed by atoms with E-state index in [1.165, 1.54) is 18.1 Å². The van der Waals surface area contributed by atoms with Crippen molar-refractivity contribution in [3.63, 3.8) is 0 Å². The van der Waals surface area contributed by atoms with Gasteiger partial charge in [-0.05, 0) is 25.0 Å². The number of aromatic nitrogens is 1. The largest absolute Gasteiger partial charge is 0.469 e. The van der Waals surface area contributed by atoms with Gasteiger partial charge in [-0.2, -0.15) is 0 Å². The number of rotatable bonds is 3. The van der Waals surface area contributed by atoms with E-state index in [9.17, 15) is 4.79 Å². The molecule has 0 aliphatic carbocycles. The topological polar surface area (TPSA) is 42.1 Å². The molecule has 0 saturated carbocycles. The Morgan fingerprint density at radius 2 is 2.12 bits per heavy atom. The Balaban J connectivity index is 2.24. The van der Waals surface area contributed by atoms with Gasteiger partial charge < -0.3 is 9.72 Å². The van der Waals surface area contributed by atoms with E-state index >= 15 is 0 Å². The second-order valence-electron chi connectivity index (χ2n) is 3.85. The SMILES string of the molecule is COC(=O)CCc1[nH]c2ccccc2c1C. The van der Waals surface area contributed by atoms with E-state index in [1.54, 1.807) is 0 Å². The average Bonchev–Trinajstić information content (AvgIpc) is 2.64. The van der Waals surface area contributed by atoms with Crippen molar-refractivity contribution in [2.24, 2.45) is 0 Å². The molecule has 1 aromatic carbocycles. The maximum atomic E-state index is 11.1. The fraction of sp³-hybridized carbons (Fsp3) is 0.308. The molecule has 0 aliphatic heterocycles. The number of aromatic amines is 1. The third kappa shape index (κ3) is 1.94. The van der Waals surface area contributed by atoms with Crippen LogP contribution in [0, 0.1) is 6.92 Å². The van der Waals surface area contributed by atoms with Gasteiger partial charge in [-0.15, -0.1) is 0 Å². The fourth-order valence-electron chi connectivity index (χ4n) is 1.92. The highest BCUT2D eigenvalue weighted by Gasteiger charge is 2.08. The summed E-state index contributed by atoms with van der Waals surface area (Å²) in [4.78, 5) is 14.4. The zero-order valence-electron chi connectivity index (χ0n) is 9.54. The predicted octanol–water partition coefficient (Wildman–Crippen LogP) is 2.58. The van der Waals surface area contributed by atoms with E-state index in [-0.39, 0.29) is 5.97 Å². The molecule has 1 heterocycles. The molecular formula is C13H15NO2. The number of nitrogens with one attached hydrogen (secondary N) is 1. The minimum absolute atomic E-state index is 0.168. The van der Waals surface area contributed by atoms with Crippen molar-refractivity contribution in [2.45, 2.75) is 19.8 Å². The van der Waals surface area contributed by atoms with Crippen molar-refractivity contribution in [1.82, 2.24) is 4.98 Å². The smallest absolute Gasteiger partial charge is 0.305 e. The molecule has 0 atom stereocenters. The average molecular weight is 217 g/mol. The molecule has 84 valence electrons. The number of benzene rings is 1. The molecule has 0 amide bonds. The van der Waals surface area contributed by atoms with Crippen LogP contribution in [0.5, 0.6) is 0 Å². The summed E-state index contributed by atoms with van der Waals surface area (Å²) >= 11 is 0. The number of hydrogen-bond donors (Lipinski definition) is 1. The number of carbonyl (C=O) groups is 1. The summed E-state index contributed by atoms with van der Waals surface area (Å²) in [6, 6.07) is 8.16. The van der Waals surface area contributed by atoms with Gasteiger partial charge in [0.2, 0.25) is 0 Å². The van der Waals surface area contributed by atoms with Crippen LogP contribution in [0.1, 0.15) is 17.7 Å². The van der Waals surface area contributed by atoms with Gasteiger partial charge in [-0.1, -0.05) is 18.2 Å². The third-order valence-electron chi connectivity index (χ3n) is 2.88. The number of esters is 1. The summed E-state index contributed by atoms with van der Waals surface area (Å²) in [6.45, 7) is 2.07. The van der Waals surface area contributed by atoms with Gasteiger partial charge >= 0.3 is 5.97 Å². The van der Waals surface area contributed by atoms with Crippen molar-refractivity contribution in [1.29, 1.82) is 0 Å². The Bertz CT molecular complexity index is 514. The lowest BCUT2D eigenvalue weighted by Crippen LogP contribution is -2.02. The predicted molar refractivity (Wildman–Crippen MR) is 63.4 cm³/mol.